The van der Waals surface area contributed by atoms with Crippen molar-refractivity contribution in [2.75, 3.05) is 0 Å². The summed E-state index contributed by atoms with van der Waals surface area (Å²) in [4.78, 5) is 15.2. The van der Waals surface area contributed by atoms with Crippen LogP contribution in [0.4, 0.5) is 0 Å². The van der Waals surface area contributed by atoms with Crippen LogP contribution in [0.25, 0.3) is 11.3 Å². The van der Waals surface area contributed by atoms with E-state index in [9.17, 15) is 4.79 Å². The number of hydrogen-bond acceptors (Lipinski definition) is 3. The van der Waals surface area contributed by atoms with Gasteiger partial charge in [-0.1, -0.05) is 6.92 Å². The predicted molar refractivity (Wildman–Crippen MR) is 68.6 cm³/mol. The summed E-state index contributed by atoms with van der Waals surface area (Å²) in [6, 6.07) is 5.85. The van der Waals surface area contributed by atoms with Crippen molar-refractivity contribution in [3.05, 3.63) is 36.3 Å². The van der Waals surface area contributed by atoms with Crippen LogP contribution in [0.2, 0.25) is 0 Å². The Morgan fingerprint density at radius 1 is 1.39 bits per heavy atom. The molecule has 2 rings (SSSR count). The molecule has 5 nitrogen and oxygen atoms in total. The molecule has 0 aliphatic carbocycles. The highest BCUT2D eigenvalue weighted by Gasteiger charge is 2.07. The first-order valence-corrected chi connectivity index (χ1v) is 5.90. The van der Waals surface area contributed by atoms with E-state index in [1.165, 1.54) is 0 Å². The van der Waals surface area contributed by atoms with Gasteiger partial charge in [-0.05, 0) is 18.2 Å². The molecule has 2 heterocycles. The van der Waals surface area contributed by atoms with Gasteiger partial charge in [-0.3, -0.25) is 14.5 Å². The van der Waals surface area contributed by atoms with Crippen LogP contribution in [0, 0.1) is 0 Å². The van der Waals surface area contributed by atoms with Crippen molar-refractivity contribution >= 4 is 5.91 Å². The summed E-state index contributed by atoms with van der Waals surface area (Å²) in [7, 11) is 1.89. The van der Waals surface area contributed by atoms with Crippen LogP contribution in [0.1, 0.15) is 19.0 Å². The van der Waals surface area contributed by atoms with E-state index in [-0.39, 0.29) is 5.91 Å². The number of rotatable bonds is 4. The van der Waals surface area contributed by atoms with Gasteiger partial charge in [-0.15, -0.1) is 0 Å². The number of nitrogens with one attached hydrogen (secondary N) is 1. The Morgan fingerprint density at radius 2 is 2.11 bits per heavy atom. The molecule has 0 saturated carbocycles. The predicted octanol–water partition coefficient (Wildman–Crippen LogP) is 1.51. The third-order valence-corrected chi connectivity index (χ3v) is 2.69. The fraction of sp³-hybridized carbons (Fsp3) is 0.308. The molecule has 2 aromatic heterocycles. The molecule has 94 valence electrons. The number of aryl methyl sites for hydroxylation is 1. The number of pyridine rings is 1. The number of carbonyl (C=O) groups is 1. The third-order valence-electron chi connectivity index (χ3n) is 2.69. The Bertz CT molecular complexity index is 533. The lowest BCUT2D eigenvalue weighted by atomic mass is 10.2. The molecule has 5 heteroatoms. The molecule has 0 aliphatic heterocycles. The van der Waals surface area contributed by atoms with Crippen LogP contribution >= 0.6 is 0 Å². The lowest BCUT2D eigenvalue weighted by molar-refractivity contribution is -0.120. The molecule has 0 unspecified atom stereocenters. The molecule has 0 bridgehead atoms. The topological polar surface area (TPSA) is 59.8 Å². The van der Waals surface area contributed by atoms with Gasteiger partial charge in [0.05, 0.1) is 17.9 Å². The SMILES string of the molecule is CCC(=O)NCc1cc(-c2ccncc2)n(C)n1. The molecule has 0 fully saturated rings. The maximum absolute atomic E-state index is 11.2. The summed E-state index contributed by atoms with van der Waals surface area (Å²) in [6.07, 6.45) is 3.99. The van der Waals surface area contributed by atoms with Gasteiger partial charge in [0.15, 0.2) is 0 Å². The molecular formula is C13H16N4O. The van der Waals surface area contributed by atoms with E-state index >= 15 is 0 Å². The smallest absolute Gasteiger partial charge is 0.220 e. The summed E-state index contributed by atoms with van der Waals surface area (Å²) < 4.78 is 1.81. The van der Waals surface area contributed by atoms with Gasteiger partial charge in [0.2, 0.25) is 5.91 Å². The molecular weight excluding hydrogens is 228 g/mol. The summed E-state index contributed by atoms with van der Waals surface area (Å²) >= 11 is 0. The summed E-state index contributed by atoms with van der Waals surface area (Å²) in [5.41, 5.74) is 2.93. The average molecular weight is 244 g/mol. The Kier molecular flexibility index (Phi) is 3.72. The Hall–Kier alpha value is -2.17. The summed E-state index contributed by atoms with van der Waals surface area (Å²) in [5, 5.41) is 7.19. The van der Waals surface area contributed by atoms with Gasteiger partial charge in [0, 0.05) is 31.4 Å². The lowest BCUT2D eigenvalue weighted by Gasteiger charge is -1.99. The maximum Gasteiger partial charge on any atom is 0.220 e. The van der Waals surface area contributed by atoms with Crippen molar-refractivity contribution in [2.45, 2.75) is 19.9 Å². The van der Waals surface area contributed by atoms with Crippen molar-refractivity contribution in [1.29, 1.82) is 0 Å². The minimum Gasteiger partial charge on any atom is -0.350 e. The van der Waals surface area contributed by atoms with Crippen LogP contribution in [0.15, 0.2) is 30.6 Å². The van der Waals surface area contributed by atoms with Crippen LogP contribution in [-0.2, 0) is 18.4 Å². The minimum atomic E-state index is 0.0334. The number of aromatic nitrogens is 3. The minimum absolute atomic E-state index is 0.0334. The fourth-order valence-corrected chi connectivity index (χ4v) is 1.72. The third kappa shape index (κ3) is 2.74. The van der Waals surface area contributed by atoms with E-state index in [2.05, 4.69) is 15.4 Å². The summed E-state index contributed by atoms with van der Waals surface area (Å²) in [6.45, 7) is 2.29. The largest absolute Gasteiger partial charge is 0.350 e. The highest BCUT2D eigenvalue weighted by molar-refractivity contribution is 5.75. The monoisotopic (exact) mass is 244 g/mol. The summed E-state index contributed by atoms with van der Waals surface area (Å²) in [5.74, 6) is 0.0334. The van der Waals surface area contributed by atoms with Gasteiger partial charge in [-0.25, -0.2) is 0 Å². The zero-order valence-electron chi connectivity index (χ0n) is 10.6. The van der Waals surface area contributed by atoms with Crippen molar-refractivity contribution in [3.63, 3.8) is 0 Å². The molecule has 0 atom stereocenters. The van der Waals surface area contributed by atoms with Gasteiger partial charge in [0.1, 0.15) is 0 Å². The molecule has 1 amide bonds. The van der Waals surface area contributed by atoms with E-state index in [0.29, 0.717) is 13.0 Å². The Labute approximate surface area is 106 Å². The first kappa shape index (κ1) is 12.3. The maximum atomic E-state index is 11.2. The second-order valence-corrected chi connectivity index (χ2v) is 4.01. The quantitative estimate of drug-likeness (QED) is 0.886. The zero-order valence-corrected chi connectivity index (χ0v) is 10.6. The molecule has 1 N–H and O–H groups in total. The normalized spacial score (nSPS) is 10.3. The van der Waals surface area contributed by atoms with Crippen molar-refractivity contribution in [2.24, 2.45) is 7.05 Å². The van der Waals surface area contributed by atoms with Gasteiger partial charge < -0.3 is 5.32 Å². The van der Waals surface area contributed by atoms with E-state index < -0.39 is 0 Å². The second kappa shape index (κ2) is 5.44. The first-order valence-electron chi connectivity index (χ1n) is 5.90. The number of nitrogens with zero attached hydrogens (tertiary/aromatic N) is 3. The molecule has 0 radical (unpaired) electrons. The molecule has 0 spiro atoms. The molecule has 0 aromatic carbocycles. The number of hydrogen-bond donors (Lipinski definition) is 1. The van der Waals surface area contributed by atoms with E-state index in [4.69, 9.17) is 0 Å². The lowest BCUT2D eigenvalue weighted by Crippen LogP contribution is -2.21. The van der Waals surface area contributed by atoms with E-state index in [1.807, 2.05) is 36.9 Å². The van der Waals surface area contributed by atoms with E-state index in [0.717, 1.165) is 17.0 Å². The van der Waals surface area contributed by atoms with E-state index in [1.54, 1.807) is 12.4 Å². The van der Waals surface area contributed by atoms with Crippen molar-refractivity contribution < 1.29 is 4.79 Å². The van der Waals surface area contributed by atoms with Crippen LogP contribution < -0.4 is 5.32 Å². The number of amides is 1. The van der Waals surface area contributed by atoms with Crippen LogP contribution in [0.3, 0.4) is 0 Å². The zero-order chi connectivity index (χ0) is 13.0. The van der Waals surface area contributed by atoms with Crippen molar-refractivity contribution in [1.82, 2.24) is 20.1 Å². The van der Waals surface area contributed by atoms with Gasteiger partial charge >= 0.3 is 0 Å². The van der Waals surface area contributed by atoms with Gasteiger partial charge in [0.25, 0.3) is 0 Å². The van der Waals surface area contributed by atoms with Crippen LogP contribution in [-0.4, -0.2) is 20.7 Å². The van der Waals surface area contributed by atoms with Crippen molar-refractivity contribution in [3.8, 4) is 11.3 Å². The standard InChI is InChI=1S/C13H16N4O/c1-3-13(18)15-9-11-8-12(17(2)16-11)10-4-6-14-7-5-10/h4-8H,3,9H2,1-2H3,(H,15,18). The molecule has 0 saturated heterocycles. The molecule has 18 heavy (non-hydrogen) atoms. The Balaban J connectivity index is 2.15. The first-order chi connectivity index (χ1) is 8.70. The highest BCUT2D eigenvalue weighted by atomic mass is 16.1. The van der Waals surface area contributed by atoms with Crippen LogP contribution in [0.5, 0.6) is 0 Å². The highest BCUT2D eigenvalue weighted by Crippen LogP contribution is 2.18. The number of carbonyl (C=O) groups excluding carboxylic acids is 1. The average Bonchev–Trinajstić information content (AvgIpc) is 2.78. The fourth-order valence-electron chi connectivity index (χ4n) is 1.72. The molecule has 0 aliphatic rings. The Morgan fingerprint density at radius 3 is 2.78 bits per heavy atom. The van der Waals surface area contributed by atoms with Gasteiger partial charge in [-0.2, -0.15) is 5.10 Å². The second-order valence-electron chi connectivity index (χ2n) is 4.01. The molecule has 2 aromatic rings.